The van der Waals surface area contributed by atoms with Crippen molar-refractivity contribution in [2.45, 2.75) is 5.33 Å². The summed E-state index contributed by atoms with van der Waals surface area (Å²) in [5, 5.41) is 0.580. The third-order valence-electron chi connectivity index (χ3n) is 1.98. The predicted molar refractivity (Wildman–Crippen MR) is 62.9 cm³/mol. The van der Waals surface area contributed by atoms with E-state index in [1.807, 2.05) is 30.3 Å². The molecule has 76 valence electrons. The van der Waals surface area contributed by atoms with Gasteiger partial charge in [0.25, 0.3) is 5.56 Å². The summed E-state index contributed by atoms with van der Waals surface area (Å²) in [6.07, 6.45) is 0. The summed E-state index contributed by atoms with van der Waals surface area (Å²) >= 11 is 3.28. The number of halogens is 1. The molecule has 1 aromatic carbocycles. The lowest BCUT2D eigenvalue weighted by atomic mass is 10.2. The number of benzene rings is 1. The van der Waals surface area contributed by atoms with Gasteiger partial charge >= 0.3 is 0 Å². The number of hydrogen-bond acceptors (Lipinski definition) is 2. The smallest absolute Gasteiger partial charge is 0.251 e. The van der Waals surface area contributed by atoms with Gasteiger partial charge in [-0.25, -0.2) is 4.98 Å². The first-order chi connectivity index (χ1) is 7.29. The summed E-state index contributed by atoms with van der Waals surface area (Å²) in [6.45, 7) is 0. The molecule has 0 bridgehead atoms. The molecule has 2 rings (SSSR count). The molecule has 1 heterocycles. The van der Waals surface area contributed by atoms with Gasteiger partial charge < -0.3 is 4.98 Å². The second-order valence-electron chi connectivity index (χ2n) is 3.08. The average Bonchev–Trinajstić information content (AvgIpc) is 2.29. The Morgan fingerprint density at radius 2 is 2.00 bits per heavy atom. The summed E-state index contributed by atoms with van der Waals surface area (Å²) in [5.41, 5.74) is 1.52. The van der Waals surface area contributed by atoms with Crippen molar-refractivity contribution in [3.8, 4) is 11.4 Å². The first-order valence-electron chi connectivity index (χ1n) is 4.51. The fourth-order valence-electron chi connectivity index (χ4n) is 1.31. The highest BCUT2D eigenvalue weighted by Gasteiger charge is 2.01. The highest BCUT2D eigenvalue weighted by Crippen LogP contribution is 2.13. The predicted octanol–water partition coefficient (Wildman–Crippen LogP) is 2.33. The zero-order chi connectivity index (χ0) is 10.7. The molecule has 0 atom stereocenters. The van der Waals surface area contributed by atoms with E-state index < -0.39 is 0 Å². The van der Waals surface area contributed by atoms with Crippen LogP contribution in [0.4, 0.5) is 0 Å². The Bertz CT molecular complexity index is 507. The normalized spacial score (nSPS) is 10.2. The van der Waals surface area contributed by atoms with E-state index in [4.69, 9.17) is 0 Å². The van der Waals surface area contributed by atoms with Crippen LogP contribution in [0, 0.1) is 0 Å². The maximum atomic E-state index is 11.3. The van der Waals surface area contributed by atoms with Crippen molar-refractivity contribution in [1.29, 1.82) is 0 Å². The molecule has 0 aliphatic carbocycles. The van der Waals surface area contributed by atoms with E-state index in [1.165, 1.54) is 6.07 Å². The standard InChI is InChI=1S/C11H9BrN2O/c12-7-9-6-10(15)14-11(13-9)8-4-2-1-3-5-8/h1-6H,7H2,(H,13,14,15). The summed E-state index contributed by atoms with van der Waals surface area (Å²) in [7, 11) is 0. The van der Waals surface area contributed by atoms with E-state index >= 15 is 0 Å². The molecule has 0 amide bonds. The molecule has 0 radical (unpaired) electrons. The maximum Gasteiger partial charge on any atom is 0.251 e. The summed E-state index contributed by atoms with van der Waals surface area (Å²) in [6, 6.07) is 11.1. The van der Waals surface area contributed by atoms with E-state index in [-0.39, 0.29) is 5.56 Å². The maximum absolute atomic E-state index is 11.3. The minimum atomic E-state index is -0.127. The third kappa shape index (κ3) is 2.33. The molecular weight excluding hydrogens is 256 g/mol. The molecule has 15 heavy (non-hydrogen) atoms. The lowest BCUT2D eigenvalue weighted by Gasteiger charge is -2.01. The van der Waals surface area contributed by atoms with E-state index in [9.17, 15) is 4.79 Å². The SMILES string of the molecule is O=c1cc(CBr)nc(-c2ccccc2)[nH]1. The minimum absolute atomic E-state index is 0.127. The Morgan fingerprint density at radius 1 is 1.27 bits per heavy atom. The van der Waals surface area contributed by atoms with Gasteiger partial charge in [0.2, 0.25) is 0 Å². The lowest BCUT2D eigenvalue weighted by Crippen LogP contribution is -2.09. The van der Waals surface area contributed by atoms with Crippen molar-refractivity contribution < 1.29 is 0 Å². The number of alkyl halides is 1. The van der Waals surface area contributed by atoms with Crippen LogP contribution in [0.5, 0.6) is 0 Å². The van der Waals surface area contributed by atoms with Crippen molar-refractivity contribution >= 4 is 15.9 Å². The number of rotatable bonds is 2. The van der Waals surface area contributed by atoms with E-state index in [2.05, 4.69) is 25.9 Å². The van der Waals surface area contributed by atoms with Gasteiger partial charge in [0.05, 0.1) is 5.69 Å². The summed E-state index contributed by atoms with van der Waals surface area (Å²) in [4.78, 5) is 18.4. The fraction of sp³-hybridized carbons (Fsp3) is 0.0909. The van der Waals surface area contributed by atoms with Crippen molar-refractivity contribution in [3.05, 3.63) is 52.4 Å². The van der Waals surface area contributed by atoms with Crippen LogP contribution in [0.15, 0.2) is 41.2 Å². The van der Waals surface area contributed by atoms with Crippen LogP contribution in [0.2, 0.25) is 0 Å². The molecule has 0 aliphatic rings. The number of hydrogen-bond donors (Lipinski definition) is 1. The van der Waals surface area contributed by atoms with Crippen LogP contribution in [-0.4, -0.2) is 9.97 Å². The zero-order valence-electron chi connectivity index (χ0n) is 7.90. The molecule has 0 saturated carbocycles. The number of aromatic nitrogens is 2. The van der Waals surface area contributed by atoms with Gasteiger partial charge in [0.15, 0.2) is 0 Å². The molecular formula is C11H9BrN2O. The van der Waals surface area contributed by atoms with Crippen molar-refractivity contribution in [1.82, 2.24) is 9.97 Å². The van der Waals surface area contributed by atoms with Crippen molar-refractivity contribution in [2.24, 2.45) is 0 Å². The molecule has 4 heteroatoms. The second-order valence-corrected chi connectivity index (χ2v) is 3.65. The van der Waals surface area contributed by atoms with Crippen LogP contribution >= 0.6 is 15.9 Å². The van der Waals surface area contributed by atoms with Crippen LogP contribution in [-0.2, 0) is 5.33 Å². The van der Waals surface area contributed by atoms with Gasteiger partial charge in [-0.3, -0.25) is 4.79 Å². The van der Waals surface area contributed by atoms with Crippen LogP contribution in [0.1, 0.15) is 5.69 Å². The number of aromatic amines is 1. The van der Waals surface area contributed by atoms with Gasteiger partial charge in [-0.05, 0) is 0 Å². The first kappa shape index (κ1) is 10.1. The van der Waals surface area contributed by atoms with Crippen LogP contribution < -0.4 is 5.56 Å². The Labute approximate surface area is 95.3 Å². The largest absolute Gasteiger partial charge is 0.307 e. The lowest BCUT2D eigenvalue weighted by molar-refractivity contribution is 1.07. The molecule has 0 unspecified atom stereocenters. The van der Waals surface area contributed by atoms with Gasteiger partial charge in [0.1, 0.15) is 5.82 Å². The highest BCUT2D eigenvalue weighted by molar-refractivity contribution is 9.08. The van der Waals surface area contributed by atoms with Gasteiger partial charge in [-0.15, -0.1) is 0 Å². The zero-order valence-corrected chi connectivity index (χ0v) is 9.49. The van der Waals surface area contributed by atoms with Crippen molar-refractivity contribution in [3.63, 3.8) is 0 Å². The number of nitrogens with one attached hydrogen (secondary N) is 1. The number of nitrogens with zero attached hydrogens (tertiary/aromatic N) is 1. The van der Waals surface area contributed by atoms with Crippen LogP contribution in [0.3, 0.4) is 0 Å². The Balaban J connectivity index is 2.54. The fourth-order valence-corrected chi connectivity index (χ4v) is 1.60. The Morgan fingerprint density at radius 3 is 2.67 bits per heavy atom. The highest BCUT2D eigenvalue weighted by atomic mass is 79.9. The molecule has 2 aromatic rings. The van der Waals surface area contributed by atoms with Gasteiger partial charge in [-0.1, -0.05) is 46.3 Å². The Hall–Kier alpha value is -1.42. The second kappa shape index (κ2) is 4.40. The van der Waals surface area contributed by atoms with Gasteiger partial charge in [-0.2, -0.15) is 0 Å². The van der Waals surface area contributed by atoms with E-state index in [1.54, 1.807) is 0 Å². The third-order valence-corrected chi connectivity index (χ3v) is 2.55. The van der Waals surface area contributed by atoms with Crippen molar-refractivity contribution in [2.75, 3.05) is 0 Å². The molecule has 0 spiro atoms. The Kier molecular flexibility index (Phi) is 2.97. The average molecular weight is 265 g/mol. The van der Waals surface area contributed by atoms with E-state index in [0.717, 1.165) is 11.3 Å². The summed E-state index contributed by atoms with van der Waals surface area (Å²) in [5.74, 6) is 0.609. The molecule has 3 nitrogen and oxygen atoms in total. The quantitative estimate of drug-likeness (QED) is 0.847. The number of H-pyrrole nitrogens is 1. The first-order valence-corrected chi connectivity index (χ1v) is 5.63. The molecule has 1 aromatic heterocycles. The molecule has 0 fully saturated rings. The summed E-state index contributed by atoms with van der Waals surface area (Å²) < 4.78 is 0. The van der Waals surface area contributed by atoms with Gasteiger partial charge in [0, 0.05) is 17.0 Å². The minimum Gasteiger partial charge on any atom is -0.307 e. The topological polar surface area (TPSA) is 45.8 Å². The monoisotopic (exact) mass is 264 g/mol. The molecule has 1 N–H and O–H groups in total. The van der Waals surface area contributed by atoms with E-state index in [0.29, 0.717) is 11.2 Å². The van der Waals surface area contributed by atoms with Crippen LogP contribution in [0.25, 0.3) is 11.4 Å². The molecule has 0 aliphatic heterocycles. The molecule has 0 saturated heterocycles.